The molecule has 0 radical (unpaired) electrons. The molecule has 0 aliphatic carbocycles. The van der Waals surface area contributed by atoms with Crippen molar-refractivity contribution in [1.29, 1.82) is 0 Å². The third-order valence-corrected chi connectivity index (χ3v) is 4.44. The molecule has 22 heavy (non-hydrogen) atoms. The predicted molar refractivity (Wildman–Crippen MR) is 84.2 cm³/mol. The first-order valence-corrected chi connectivity index (χ1v) is 7.60. The van der Waals surface area contributed by atoms with Crippen LogP contribution < -0.4 is 5.32 Å². The summed E-state index contributed by atoms with van der Waals surface area (Å²) in [6, 6.07) is 1.77. The summed E-state index contributed by atoms with van der Waals surface area (Å²) in [5.41, 5.74) is 0.263. The molecule has 0 unspecified atom stereocenters. The highest BCUT2D eigenvalue weighted by Gasteiger charge is 2.24. The van der Waals surface area contributed by atoms with Gasteiger partial charge in [0, 0.05) is 11.3 Å². The molecular weight excluding hydrogens is 306 g/mol. The molecule has 0 aliphatic heterocycles. The Balaban J connectivity index is 2.92. The van der Waals surface area contributed by atoms with E-state index in [-0.39, 0.29) is 24.2 Å². The number of anilines is 1. The van der Waals surface area contributed by atoms with E-state index in [9.17, 15) is 14.4 Å². The number of carbonyl (C=O) groups is 3. The van der Waals surface area contributed by atoms with Crippen molar-refractivity contribution in [2.24, 2.45) is 0 Å². The van der Waals surface area contributed by atoms with Crippen molar-refractivity contribution in [3.63, 3.8) is 0 Å². The molecule has 1 N–H and O–H groups in total. The quantitative estimate of drug-likeness (QED) is 0.841. The van der Waals surface area contributed by atoms with E-state index in [1.807, 2.05) is 20.8 Å². The van der Waals surface area contributed by atoms with Crippen LogP contribution in [0.15, 0.2) is 6.07 Å². The monoisotopic (exact) mass is 327 g/mol. The summed E-state index contributed by atoms with van der Waals surface area (Å²) in [5, 5.41) is 2.66. The smallest absolute Gasteiger partial charge is 0.350 e. The minimum Gasteiger partial charge on any atom is -0.469 e. The zero-order chi connectivity index (χ0) is 16.9. The Labute approximate surface area is 133 Å². The van der Waals surface area contributed by atoms with Crippen LogP contribution in [0, 0.1) is 0 Å². The lowest BCUT2D eigenvalue weighted by atomic mass is 9.94. The number of amides is 1. The SMILES string of the molecule is COC(=O)CCC(=O)Nc1cc(C(C)(C)C)sc1C(=O)OC. The number of hydrogen-bond acceptors (Lipinski definition) is 6. The fourth-order valence-electron chi connectivity index (χ4n) is 1.63. The summed E-state index contributed by atoms with van der Waals surface area (Å²) in [6.07, 6.45) is -0.0138. The number of carbonyl (C=O) groups excluding carboxylic acids is 3. The summed E-state index contributed by atoms with van der Waals surface area (Å²) in [5.74, 6) is -1.30. The second-order valence-corrected chi connectivity index (χ2v) is 6.77. The van der Waals surface area contributed by atoms with Crippen LogP contribution >= 0.6 is 11.3 Å². The maximum absolute atomic E-state index is 11.9. The van der Waals surface area contributed by atoms with E-state index in [0.29, 0.717) is 10.6 Å². The summed E-state index contributed by atoms with van der Waals surface area (Å²) in [6.45, 7) is 6.05. The van der Waals surface area contributed by atoms with Crippen molar-refractivity contribution < 1.29 is 23.9 Å². The van der Waals surface area contributed by atoms with E-state index in [1.54, 1.807) is 6.07 Å². The first kappa shape index (κ1) is 18.2. The zero-order valence-electron chi connectivity index (χ0n) is 13.4. The Kier molecular flexibility index (Phi) is 6.11. The van der Waals surface area contributed by atoms with Crippen LogP contribution in [-0.4, -0.2) is 32.1 Å². The highest BCUT2D eigenvalue weighted by atomic mass is 32.1. The first-order valence-electron chi connectivity index (χ1n) is 6.78. The largest absolute Gasteiger partial charge is 0.469 e. The summed E-state index contributed by atoms with van der Waals surface area (Å²) >= 11 is 1.29. The van der Waals surface area contributed by atoms with Gasteiger partial charge in [0.05, 0.1) is 26.3 Å². The van der Waals surface area contributed by atoms with Gasteiger partial charge in [0.1, 0.15) is 4.88 Å². The van der Waals surface area contributed by atoms with Gasteiger partial charge >= 0.3 is 11.9 Å². The van der Waals surface area contributed by atoms with E-state index in [1.165, 1.54) is 25.6 Å². The van der Waals surface area contributed by atoms with Crippen LogP contribution in [0.25, 0.3) is 0 Å². The molecule has 0 aromatic carbocycles. The second-order valence-electron chi connectivity index (χ2n) is 5.72. The molecule has 1 rings (SSSR count). The average Bonchev–Trinajstić information content (AvgIpc) is 2.87. The number of esters is 2. The Bertz CT molecular complexity index is 571. The third kappa shape index (κ3) is 4.84. The molecule has 6 nitrogen and oxygen atoms in total. The van der Waals surface area contributed by atoms with Gasteiger partial charge in [-0.25, -0.2) is 4.79 Å². The Morgan fingerprint density at radius 2 is 1.77 bits per heavy atom. The lowest BCUT2D eigenvalue weighted by Gasteiger charge is -2.15. The van der Waals surface area contributed by atoms with Gasteiger partial charge in [-0.2, -0.15) is 0 Å². The maximum atomic E-state index is 11.9. The van der Waals surface area contributed by atoms with Gasteiger partial charge in [-0.1, -0.05) is 20.8 Å². The van der Waals surface area contributed by atoms with Gasteiger partial charge < -0.3 is 14.8 Å². The normalized spacial score (nSPS) is 11.0. The summed E-state index contributed by atoms with van der Waals surface area (Å²) in [4.78, 5) is 36.1. The van der Waals surface area contributed by atoms with Gasteiger partial charge in [-0.05, 0) is 11.5 Å². The van der Waals surface area contributed by atoms with Crippen LogP contribution in [0.2, 0.25) is 0 Å². The third-order valence-electron chi connectivity index (χ3n) is 2.90. The standard InChI is InChI=1S/C15H21NO5S/c1-15(2,3)10-8-9(13(22-10)14(19)21-5)16-11(17)6-7-12(18)20-4/h8H,6-7H2,1-5H3,(H,16,17). The highest BCUT2D eigenvalue weighted by molar-refractivity contribution is 7.14. The van der Waals surface area contributed by atoms with Crippen LogP contribution in [-0.2, 0) is 24.5 Å². The van der Waals surface area contributed by atoms with Crippen LogP contribution in [0.5, 0.6) is 0 Å². The van der Waals surface area contributed by atoms with E-state index in [2.05, 4.69) is 10.1 Å². The van der Waals surface area contributed by atoms with Gasteiger partial charge in [0.15, 0.2) is 0 Å². The van der Waals surface area contributed by atoms with Crippen LogP contribution in [0.4, 0.5) is 5.69 Å². The number of rotatable bonds is 5. The lowest BCUT2D eigenvalue weighted by molar-refractivity contribution is -0.141. The van der Waals surface area contributed by atoms with Crippen molar-refractivity contribution >= 4 is 34.9 Å². The van der Waals surface area contributed by atoms with Crippen molar-refractivity contribution in [1.82, 2.24) is 0 Å². The number of ether oxygens (including phenoxy) is 2. The van der Waals surface area contributed by atoms with Crippen LogP contribution in [0.3, 0.4) is 0 Å². The molecule has 0 saturated carbocycles. The summed E-state index contributed by atoms with van der Waals surface area (Å²) < 4.78 is 9.23. The fourth-order valence-corrected chi connectivity index (χ4v) is 2.72. The van der Waals surface area contributed by atoms with Crippen LogP contribution in [0.1, 0.15) is 48.2 Å². The topological polar surface area (TPSA) is 81.7 Å². The van der Waals surface area contributed by atoms with Crippen molar-refractivity contribution in [2.75, 3.05) is 19.5 Å². The number of methoxy groups -OCH3 is 2. The molecule has 0 saturated heterocycles. The molecule has 122 valence electrons. The maximum Gasteiger partial charge on any atom is 0.350 e. The number of nitrogens with one attached hydrogen (secondary N) is 1. The second kappa shape index (κ2) is 7.40. The Morgan fingerprint density at radius 1 is 1.14 bits per heavy atom. The molecule has 0 spiro atoms. The van der Waals surface area contributed by atoms with E-state index in [4.69, 9.17) is 4.74 Å². The minimum absolute atomic E-state index is 0.00597. The number of thiophene rings is 1. The van der Waals surface area contributed by atoms with E-state index in [0.717, 1.165) is 4.88 Å². The Morgan fingerprint density at radius 3 is 2.27 bits per heavy atom. The van der Waals surface area contributed by atoms with E-state index >= 15 is 0 Å². The minimum atomic E-state index is -0.497. The first-order chi connectivity index (χ1) is 10.2. The fraction of sp³-hybridized carbons (Fsp3) is 0.533. The molecule has 1 amide bonds. The predicted octanol–water partition coefficient (Wildman–Crippen LogP) is 2.72. The van der Waals surface area contributed by atoms with Crippen molar-refractivity contribution in [2.45, 2.75) is 39.0 Å². The summed E-state index contributed by atoms with van der Waals surface area (Å²) in [7, 11) is 2.56. The van der Waals surface area contributed by atoms with Gasteiger partial charge in [-0.3, -0.25) is 9.59 Å². The Hall–Kier alpha value is -1.89. The lowest BCUT2D eigenvalue weighted by Crippen LogP contribution is -2.15. The van der Waals surface area contributed by atoms with E-state index < -0.39 is 11.9 Å². The molecule has 7 heteroatoms. The molecule has 0 atom stereocenters. The molecule has 0 bridgehead atoms. The molecule has 1 aromatic rings. The van der Waals surface area contributed by atoms with Gasteiger partial charge in [0.25, 0.3) is 0 Å². The van der Waals surface area contributed by atoms with Gasteiger partial charge in [0.2, 0.25) is 5.91 Å². The van der Waals surface area contributed by atoms with Crippen molar-refractivity contribution in [3.8, 4) is 0 Å². The number of hydrogen-bond donors (Lipinski definition) is 1. The molecule has 0 aliphatic rings. The average molecular weight is 327 g/mol. The molecule has 0 fully saturated rings. The molecule has 1 heterocycles. The zero-order valence-corrected chi connectivity index (χ0v) is 14.3. The highest BCUT2D eigenvalue weighted by Crippen LogP contribution is 2.35. The molecular formula is C15H21NO5S. The van der Waals surface area contributed by atoms with Gasteiger partial charge in [-0.15, -0.1) is 11.3 Å². The molecule has 1 aromatic heterocycles. The van der Waals surface area contributed by atoms with Crippen molar-refractivity contribution in [3.05, 3.63) is 15.8 Å².